The van der Waals surface area contributed by atoms with Gasteiger partial charge in [0.2, 0.25) is 5.79 Å². The van der Waals surface area contributed by atoms with E-state index in [2.05, 4.69) is 15.2 Å². The molecule has 0 amide bonds. The predicted molar refractivity (Wildman–Crippen MR) is 93.6 cm³/mol. The van der Waals surface area contributed by atoms with Crippen LogP contribution in [0.5, 0.6) is 5.75 Å². The molecular formula is C18H18N4O3. The van der Waals surface area contributed by atoms with E-state index in [-0.39, 0.29) is 0 Å². The minimum Gasteiger partial charge on any atom is -0.486 e. The average molecular weight is 338 g/mol. The summed E-state index contributed by atoms with van der Waals surface area (Å²) in [7, 11) is 0. The lowest BCUT2D eigenvalue weighted by atomic mass is 10.1. The molecule has 0 saturated heterocycles. The van der Waals surface area contributed by atoms with Crippen molar-refractivity contribution in [2.45, 2.75) is 19.6 Å². The summed E-state index contributed by atoms with van der Waals surface area (Å²) in [4.78, 5) is 4.22. The van der Waals surface area contributed by atoms with Crippen molar-refractivity contribution in [3.63, 3.8) is 0 Å². The van der Waals surface area contributed by atoms with Crippen LogP contribution in [0.15, 0.2) is 48.5 Å². The number of pyridine rings is 1. The molecule has 3 aromatic rings. The smallest absolute Gasteiger partial charge is 0.244 e. The van der Waals surface area contributed by atoms with Crippen LogP contribution < -0.4 is 10.5 Å². The maximum atomic E-state index is 5.84. The summed E-state index contributed by atoms with van der Waals surface area (Å²) < 4.78 is 16.8. The van der Waals surface area contributed by atoms with Gasteiger partial charge in [-0.05, 0) is 18.2 Å². The Hall–Kier alpha value is -3.22. The van der Waals surface area contributed by atoms with Gasteiger partial charge in [0.05, 0.1) is 17.6 Å². The van der Waals surface area contributed by atoms with Gasteiger partial charge in [-0.3, -0.25) is 5.10 Å². The summed E-state index contributed by atoms with van der Waals surface area (Å²) in [6, 6.07) is 9.56. The number of nitrogens with zero attached hydrogens (tertiary/aromatic N) is 2. The standard InChI is InChI=1S/C18H18N4O3/c1-18(2)24-10-14(25-18)9-23-13-5-3-4-11(6-13)16-15-7-12(19)8-20-17(15)22-21-16/h3-8,10H,9,19H2,1-2H3,(H,20,21,22). The summed E-state index contributed by atoms with van der Waals surface area (Å²) in [5.74, 6) is 0.730. The van der Waals surface area contributed by atoms with Gasteiger partial charge in [0.15, 0.2) is 11.4 Å². The number of nitrogens with two attached hydrogens (primary N) is 1. The Labute approximate surface area is 144 Å². The van der Waals surface area contributed by atoms with E-state index in [1.54, 1.807) is 12.5 Å². The Morgan fingerprint density at radius 3 is 2.96 bits per heavy atom. The van der Waals surface area contributed by atoms with Gasteiger partial charge in [-0.2, -0.15) is 5.10 Å². The molecule has 0 saturated carbocycles. The Bertz CT molecular complexity index is 962. The van der Waals surface area contributed by atoms with Crippen molar-refractivity contribution in [1.29, 1.82) is 0 Å². The van der Waals surface area contributed by atoms with E-state index in [1.165, 1.54) is 0 Å². The second kappa shape index (κ2) is 5.70. The highest BCUT2D eigenvalue weighted by Crippen LogP contribution is 2.30. The van der Waals surface area contributed by atoms with Gasteiger partial charge in [0.1, 0.15) is 18.6 Å². The van der Waals surface area contributed by atoms with E-state index in [1.807, 2.05) is 44.2 Å². The maximum absolute atomic E-state index is 5.84. The van der Waals surface area contributed by atoms with Gasteiger partial charge >= 0.3 is 0 Å². The van der Waals surface area contributed by atoms with Gasteiger partial charge in [0.25, 0.3) is 0 Å². The third kappa shape index (κ3) is 3.08. The third-order valence-corrected chi connectivity index (χ3v) is 3.79. The number of benzene rings is 1. The van der Waals surface area contributed by atoms with Gasteiger partial charge in [-0.1, -0.05) is 12.1 Å². The number of aromatic amines is 1. The van der Waals surface area contributed by atoms with Crippen molar-refractivity contribution in [2.24, 2.45) is 0 Å². The molecule has 3 heterocycles. The fraction of sp³-hybridized carbons (Fsp3) is 0.222. The van der Waals surface area contributed by atoms with Crippen LogP contribution in [0.4, 0.5) is 5.69 Å². The van der Waals surface area contributed by atoms with Crippen LogP contribution in [0.2, 0.25) is 0 Å². The SMILES string of the molecule is CC1(C)OC=C(COc2cccc(-c3[nH]nc4ncc(N)cc34)c2)O1. The van der Waals surface area contributed by atoms with Crippen LogP contribution in [-0.4, -0.2) is 27.6 Å². The molecule has 7 heteroatoms. The fourth-order valence-electron chi connectivity index (χ4n) is 2.67. The minimum atomic E-state index is -0.637. The summed E-state index contributed by atoms with van der Waals surface area (Å²) in [6.45, 7) is 3.99. The van der Waals surface area contributed by atoms with Crippen LogP contribution in [0.3, 0.4) is 0 Å². The van der Waals surface area contributed by atoms with Crippen molar-refractivity contribution in [3.8, 4) is 17.0 Å². The number of anilines is 1. The normalized spacial score (nSPS) is 15.5. The van der Waals surface area contributed by atoms with Crippen molar-refractivity contribution >= 4 is 16.7 Å². The quantitative estimate of drug-likeness (QED) is 0.758. The molecular weight excluding hydrogens is 320 g/mol. The number of nitrogen functional groups attached to an aromatic ring is 1. The summed E-state index contributed by atoms with van der Waals surface area (Å²) in [6.07, 6.45) is 3.17. The van der Waals surface area contributed by atoms with E-state index in [0.717, 1.165) is 16.6 Å². The molecule has 0 fully saturated rings. The van der Waals surface area contributed by atoms with Crippen LogP contribution >= 0.6 is 0 Å². The van der Waals surface area contributed by atoms with Crippen LogP contribution in [0.25, 0.3) is 22.3 Å². The summed E-state index contributed by atoms with van der Waals surface area (Å²) in [5, 5.41) is 8.09. The maximum Gasteiger partial charge on any atom is 0.244 e. The van der Waals surface area contributed by atoms with E-state index in [9.17, 15) is 0 Å². The number of nitrogens with one attached hydrogen (secondary N) is 1. The van der Waals surface area contributed by atoms with Gasteiger partial charge in [-0.25, -0.2) is 4.98 Å². The average Bonchev–Trinajstić information content (AvgIpc) is 3.15. The van der Waals surface area contributed by atoms with E-state index >= 15 is 0 Å². The van der Waals surface area contributed by atoms with Gasteiger partial charge in [0, 0.05) is 24.8 Å². The lowest BCUT2D eigenvalue weighted by Crippen LogP contribution is -2.21. The number of hydrogen-bond acceptors (Lipinski definition) is 6. The van der Waals surface area contributed by atoms with Crippen LogP contribution in [0, 0.1) is 0 Å². The first kappa shape index (κ1) is 15.3. The molecule has 4 rings (SSSR count). The molecule has 0 bridgehead atoms. The van der Waals surface area contributed by atoms with Gasteiger partial charge < -0.3 is 19.9 Å². The molecule has 1 aromatic carbocycles. The second-order valence-corrected chi connectivity index (χ2v) is 6.26. The van der Waals surface area contributed by atoms with Crippen LogP contribution in [0.1, 0.15) is 13.8 Å². The van der Waals surface area contributed by atoms with Crippen molar-refractivity contribution in [1.82, 2.24) is 15.2 Å². The third-order valence-electron chi connectivity index (χ3n) is 3.79. The Kier molecular flexibility index (Phi) is 3.49. The second-order valence-electron chi connectivity index (χ2n) is 6.26. The highest BCUT2D eigenvalue weighted by molar-refractivity contribution is 5.92. The number of fused-ring (bicyclic) bond motifs is 1. The zero-order valence-electron chi connectivity index (χ0n) is 13.9. The molecule has 3 N–H and O–H groups in total. The number of ether oxygens (including phenoxy) is 3. The molecule has 128 valence electrons. The van der Waals surface area contributed by atoms with Gasteiger partial charge in [-0.15, -0.1) is 0 Å². The first-order chi connectivity index (χ1) is 12.0. The monoisotopic (exact) mass is 338 g/mol. The lowest BCUT2D eigenvalue weighted by Gasteiger charge is -2.18. The number of H-pyrrole nitrogens is 1. The zero-order chi connectivity index (χ0) is 17.4. The van der Waals surface area contributed by atoms with Crippen molar-refractivity contribution in [3.05, 3.63) is 48.5 Å². The molecule has 1 aliphatic rings. The molecule has 0 aliphatic carbocycles. The molecule has 2 aromatic heterocycles. The predicted octanol–water partition coefficient (Wildman–Crippen LogP) is 3.21. The zero-order valence-corrected chi connectivity index (χ0v) is 13.9. The molecule has 1 aliphatic heterocycles. The summed E-state index contributed by atoms with van der Waals surface area (Å²) >= 11 is 0. The molecule has 0 unspecified atom stereocenters. The fourth-order valence-corrected chi connectivity index (χ4v) is 2.67. The minimum absolute atomic E-state index is 0.297. The summed E-state index contributed by atoms with van der Waals surface area (Å²) in [5.41, 5.74) is 8.84. The molecule has 25 heavy (non-hydrogen) atoms. The molecule has 7 nitrogen and oxygen atoms in total. The number of hydrogen-bond donors (Lipinski definition) is 2. The largest absolute Gasteiger partial charge is 0.486 e. The lowest BCUT2D eigenvalue weighted by molar-refractivity contribution is -0.119. The van der Waals surface area contributed by atoms with Crippen molar-refractivity contribution in [2.75, 3.05) is 12.3 Å². The molecule has 0 radical (unpaired) electrons. The van der Waals surface area contributed by atoms with E-state index in [0.29, 0.717) is 29.5 Å². The number of rotatable bonds is 4. The Morgan fingerprint density at radius 1 is 1.28 bits per heavy atom. The Morgan fingerprint density at radius 2 is 2.16 bits per heavy atom. The Balaban J connectivity index is 1.56. The highest BCUT2D eigenvalue weighted by Gasteiger charge is 2.27. The molecule has 0 spiro atoms. The van der Waals surface area contributed by atoms with E-state index in [4.69, 9.17) is 19.9 Å². The molecule has 0 atom stereocenters. The number of aromatic nitrogens is 3. The first-order valence-corrected chi connectivity index (χ1v) is 7.89. The first-order valence-electron chi connectivity index (χ1n) is 7.89. The highest BCUT2D eigenvalue weighted by atomic mass is 16.7. The van der Waals surface area contributed by atoms with Crippen molar-refractivity contribution < 1.29 is 14.2 Å². The topological polar surface area (TPSA) is 95.3 Å². The van der Waals surface area contributed by atoms with E-state index < -0.39 is 5.79 Å². The van der Waals surface area contributed by atoms with Crippen LogP contribution in [-0.2, 0) is 9.47 Å².